The van der Waals surface area contributed by atoms with Crippen molar-refractivity contribution in [3.8, 4) is 6.07 Å². The predicted octanol–water partition coefficient (Wildman–Crippen LogP) is 2.85. The molecule has 10 nitrogen and oxygen atoms in total. The summed E-state index contributed by atoms with van der Waals surface area (Å²) < 4.78 is 5.30. The van der Waals surface area contributed by atoms with Crippen molar-refractivity contribution in [3.05, 3.63) is 33.9 Å². The minimum atomic E-state index is -0.666. The number of nitrogens with zero attached hydrogens (tertiary/aromatic N) is 3. The highest BCUT2D eigenvalue weighted by molar-refractivity contribution is 5.86. The van der Waals surface area contributed by atoms with Gasteiger partial charge in [-0.25, -0.2) is 4.79 Å². The fraction of sp³-hybridized carbons (Fsp3) is 0.591. The molecule has 0 bridgehead atoms. The summed E-state index contributed by atoms with van der Waals surface area (Å²) in [7, 11) is 0. The first-order valence-electron chi connectivity index (χ1n) is 10.8. The third-order valence-electron chi connectivity index (χ3n) is 5.46. The first-order chi connectivity index (χ1) is 15.1. The zero-order valence-electron chi connectivity index (χ0n) is 18.6. The predicted molar refractivity (Wildman–Crippen MR) is 117 cm³/mol. The summed E-state index contributed by atoms with van der Waals surface area (Å²) in [4.78, 5) is 37.5. The molecule has 1 aliphatic heterocycles. The Bertz CT molecular complexity index is 932. The Morgan fingerprint density at radius 1 is 1.34 bits per heavy atom. The first-order valence-corrected chi connectivity index (χ1v) is 10.8. The number of alkyl carbamates (subject to hydrolysis) is 1. The van der Waals surface area contributed by atoms with Gasteiger partial charge in [0.2, 0.25) is 5.91 Å². The lowest BCUT2D eigenvalue weighted by atomic mass is 10.1. The van der Waals surface area contributed by atoms with Gasteiger partial charge >= 0.3 is 6.09 Å². The zero-order chi connectivity index (χ0) is 23.5. The summed E-state index contributed by atoms with van der Waals surface area (Å²) in [6.45, 7) is 6.38. The molecule has 0 radical (unpaired) electrons. The Balaban J connectivity index is 1.61. The molecule has 0 unspecified atom stereocenters. The number of hydrogen-bond acceptors (Lipinski definition) is 7. The van der Waals surface area contributed by atoms with Crippen LogP contribution < -0.4 is 15.5 Å². The molecule has 1 saturated carbocycles. The van der Waals surface area contributed by atoms with Crippen LogP contribution in [0.5, 0.6) is 0 Å². The molecule has 1 aliphatic carbocycles. The van der Waals surface area contributed by atoms with Gasteiger partial charge in [-0.05, 0) is 45.6 Å². The SMILES string of the molecule is CC(C)(C)OC(=O)N[C@@H](CC1CC1)C(=O)N[C@H]1CCN(c2ccc([N+](=O)[O-])cc2C#N)C1. The van der Waals surface area contributed by atoms with Crippen LogP contribution in [0.3, 0.4) is 0 Å². The maximum Gasteiger partial charge on any atom is 0.408 e. The Morgan fingerprint density at radius 3 is 2.66 bits per heavy atom. The smallest absolute Gasteiger partial charge is 0.408 e. The van der Waals surface area contributed by atoms with E-state index < -0.39 is 22.7 Å². The maximum absolute atomic E-state index is 12.9. The van der Waals surface area contributed by atoms with Gasteiger partial charge in [-0.2, -0.15) is 5.26 Å². The fourth-order valence-electron chi connectivity index (χ4n) is 3.77. The zero-order valence-corrected chi connectivity index (χ0v) is 18.6. The number of non-ortho nitro benzene ring substituents is 1. The van der Waals surface area contributed by atoms with Crippen LogP contribution in [-0.2, 0) is 9.53 Å². The van der Waals surface area contributed by atoms with Crippen molar-refractivity contribution in [1.82, 2.24) is 10.6 Å². The second kappa shape index (κ2) is 9.42. The average Bonchev–Trinajstić information content (AvgIpc) is 3.41. The van der Waals surface area contributed by atoms with Crippen LogP contribution in [-0.4, -0.2) is 47.7 Å². The summed E-state index contributed by atoms with van der Waals surface area (Å²) in [5, 5.41) is 26.1. The van der Waals surface area contributed by atoms with E-state index in [1.807, 2.05) is 11.0 Å². The van der Waals surface area contributed by atoms with E-state index in [9.17, 15) is 25.0 Å². The number of nitriles is 1. The second-order valence-electron chi connectivity index (χ2n) is 9.39. The number of benzene rings is 1. The minimum absolute atomic E-state index is 0.134. The number of carbonyl (C=O) groups excluding carboxylic acids is 2. The summed E-state index contributed by atoms with van der Waals surface area (Å²) in [6, 6.07) is 5.39. The molecule has 172 valence electrons. The number of nitro benzene ring substituents is 1. The average molecular weight is 444 g/mol. The van der Waals surface area contributed by atoms with E-state index in [-0.39, 0.29) is 23.2 Å². The number of nitrogens with one attached hydrogen (secondary N) is 2. The summed E-state index contributed by atoms with van der Waals surface area (Å²) in [5.41, 5.74) is 0.0472. The summed E-state index contributed by atoms with van der Waals surface area (Å²) in [6.07, 6.45) is 2.72. The lowest BCUT2D eigenvalue weighted by Gasteiger charge is -2.25. The molecule has 2 atom stereocenters. The van der Waals surface area contributed by atoms with Crippen molar-refractivity contribution in [2.45, 2.75) is 64.1 Å². The summed E-state index contributed by atoms with van der Waals surface area (Å²) >= 11 is 0. The van der Waals surface area contributed by atoms with Crippen LogP contribution in [0.15, 0.2) is 18.2 Å². The van der Waals surface area contributed by atoms with E-state index in [1.165, 1.54) is 12.1 Å². The molecule has 3 rings (SSSR count). The van der Waals surface area contributed by atoms with Gasteiger partial charge in [0.05, 0.1) is 16.2 Å². The Kier molecular flexibility index (Phi) is 6.87. The molecular formula is C22H29N5O5. The molecule has 32 heavy (non-hydrogen) atoms. The third kappa shape index (κ3) is 6.33. The third-order valence-corrected chi connectivity index (χ3v) is 5.46. The molecule has 1 aromatic rings. The van der Waals surface area contributed by atoms with Gasteiger partial charge in [0.15, 0.2) is 0 Å². The van der Waals surface area contributed by atoms with Crippen LogP contribution in [0.25, 0.3) is 0 Å². The molecule has 2 fully saturated rings. The van der Waals surface area contributed by atoms with Gasteiger partial charge in [-0.15, -0.1) is 0 Å². The topological polar surface area (TPSA) is 138 Å². The number of rotatable bonds is 7. The molecule has 1 aromatic carbocycles. The Morgan fingerprint density at radius 2 is 2.06 bits per heavy atom. The number of anilines is 1. The number of ether oxygens (including phenoxy) is 1. The van der Waals surface area contributed by atoms with Crippen LogP contribution in [0, 0.1) is 27.4 Å². The number of carbonyl (C=O) groups is 2. The Labute approximate surface area is 187 Å². The first kappa shape index (κ1) is 23.3. The van der Waals surface area contributed by atoms with Crippen molar-refractivity contribution in [2.24, 2.45) is 5.92 Å². The monoisotopic (exact) mass is 443 g/mol. The van der Waals surface area contributed by atoms with Gasteiger partial charge in [-0.3, -0.25) is 14.9 Å². The molecule has 0 aromatic heterocycles. The van der Waals surface area contributed by atoms with Gasteiger partial charge in [0, 0.05) is 31.3 Å². The lowest BCUT2D eigenvalue weighted by Crippen LogP contribution is -2.51. The van der Waals surface area contributed by atoms with Crippen molar-refractivity contribution < 1.29 is 19.2 Å². The molecule has 10 heteroatoms. The molecule has 2 N–H and O–H groups in total. The van der Waals surface area contributed by atoms with E-state index >= 15 is 0 Å². The van der Waals surface area contributed by atoms with E-state index in [0.29, 0.717) is 37.5 Å². The van der Waals surface area contributed by atoms with Crippen LogP contribution in [0.4, 0.5) is 16.2 Å². The normalized spacial score (nSPS) is 19.1. The van der Waals surface area contributed by atoms with Crippen LogP contribution in [0.1, 0.15) is 52.0 Å². The van der Waals surface area contributed by atoms with Crippen molar-refractivity contribution in [2.75, 3.05) is 18.0 Å². The van der Waals surface area contributed by atoms with E-state index in [0.717, 1.165) is 12.8 Å². The van der Waals surface area contributed by atoms with Gasteiger partial charge in [0.25, 0.3) is 5.69 Å². The maximum atomic E-state index is 12.9. The van der Waals surface area contributed by atoms with Crippen molar-refractivity contribution in [3.63, 3.8) is 0 Å². The molecule has 1 heterocycles. The fourth-order valence-corrected chi connectivity index (χ4v) is 3.77. The van der Waals surface area contributed by atoms with Crippen molar-refractivity contribution in [1.29, 1.82) is 5.26 Å². The summed E-state index contributed by atoms with van der Waals surface area (Å²) in [5.74, 6) is 0.179. The molecule has 2 amide bonds. The highest BCUT2D eigenvalue weighted by Gasteiger charge is 2.34. The van der Waals surface area contributed by atoms with Crippen molar-refractivity contribution >= 4 is 23.4 Å². The highest BCUT2D eigenvalue weighted by atomic mass is 16.6. The van der Waals surface area contributed by atoms with E-state index in [1.54, 1.807) is 26.8 Å². The Hall–Kier alpha value is -3.35. The van der Waals surface area contributed by atoms with Crippen LogP contribution in [0.2, 0.25) is 0 Å². The molecule has 2 aliphatic rings. The minimum Gasteiger partial charge on any atom is -0.444 e. The largest absolute Gasteiger partial charge is 0.444 e. The van der Waals surface area contributed by atoms with Gasteiger partial charge < -0.3 is 20.3 Å². The standard InChI is InChI=1S/C22H29N5O5/c1-22(2,3)32-21(29)25-18(10-14-4-5-14)20(28)24-16-8-9-26(13-16)19-7-6-17(27(30)31)11-15(19)12-23/h6-7,11,14,16,18H,4-5,8-10,13H2,1-3H3,(H,24,28)(H,25,29)/t16-,18-/m0/s1. The van der Waals surface area contributed by atoms with Crippen LogP contribution >= 0.6 is 0 Å². The van der Waals surface area contributed by atoms with Gasteiger partial charge in [-0.1, -0.05) is 12.8 Å². The molecule has 1 saturated heterocycles. The van der Waals surface area contributed by atoms with E-state index in [4.69, 9.17) is 4.74 Å². The lowest BCUT2D eigenvalue weighted by molar-refractivity contribution is -0.384. The molecular weight excluding hydrogens is 414 g/mol. The number of hydrogen-bond donors (Lipinski definition) is 2. The van der Waals surface area contributed by atoms with Gasteiger partial charge in [0.1, 0.15) is 17.7 Å². The number of amides is 2. The van der Waals surface area contributed by atoms with E-state index in [2.05, 4.69) is 10.6 Å². The molecule has 0 spiro atoms. The highest BCUT2D eigenvalue weighted by Crippen LogP contribution is 2.34. The number of nitro groups is 1. The quantitative estimate of drug-likeness (QED) is 0.488. The second-order valence-corrected chi connectivity index (χ2v) is 9.39.